The number of rotatable bonds is 6. The Morgan fingerprint density at radius 3 is 1.64 bits per heavy atom. The summed E-state index contributed by atoms with van der Waals surface area (Å²) in [6, 6.07) is 79.4. The minimum atomic E-state index is 1.10. The molecule has 2 heteroatoms. The molecule has 0 saturated carbocycles. The van der Waals surface area contributed by atoms with Crippen molar-refractivity contribution in [1.29, 1.82) is 0 Å². The van der Waals surface area contributed by atoms with Crippen molar-refractivity contribution < 1.29 is 0 Å². The molecule has 11 aromatic rings. The van der Waals surface area contributed by atoms with Gasteiger partial charge in [0.2, 0.25) is 0 Å². The molecule has 0 aliphatic carbocycles. The molecule has 0 N–H and O–H groups in total. The second-order valence-electron chi connectivity index (χ2n) is 14.5. The molecule has 2 nitrogen and oxygen atoms in total. The van der Waals surface area contributed by atoms with Gasteiger partial charge in [-0.2, -0.15) is 0 Å². The van der Waals surface area contributed by atoms with Gasteiger partial charge in [0.15, 0.2) is 0 Å². The molecule has 1 heterocycles. The van der Waals surface area contributed by atoms with Gasteiger partial charge in [-0.1, -0.05) is 176 Å². The third-order valence-corrected chi connectivity index (χ3v) is 11.4. The van der Waals surface area contributed by atoms with Crippen LogP contribution in [0.25, 0.3) is 82.1 Å². The van der Waals surface area contributed by atoms with E-state index in [1.54, 1.807) is 0 Å². The summed E-state index contributed by atoms with van der Waals surface area (Å²) in [6.07, 6.45) is 0. The largest absolute Gasteiger partial charge is 0.310 e. The Morgan fingerprint density at radius 1 is 0.321 bits per heavy atom. The molecule has 10 aromatic carbocycles. The SMILES string of the molecule is c1ccc(-c2ccc(N(c3ccc(-c4ccccc4-n4c5ccccc5c5ccc6ccccc6c54)cc3)c3cc4ccccc4c4ccccc34)cc2)cc1. The molecule has 1 aromatic heterocycles. The zero-order chi connectivity index (χ0) is 37.0. The smallest absolute Gasteiger partial charge is 0.0619 e. The van der Waals surface area contributed by atoms with Crippen molar-refractivity contribution in [3.05, 3.63) is 218 Å². The molecule has 0 bridgehead atoms. The quantitative estimate of drug-likeness (QED) is 0.156. The molecular weight excluding hydrogens is 677 g/mol. The third-order valence-electron chi connectivity index (χ3n) is 11.4. The summed E-state index contributed by atoms with van der Waals surface area (Å²) in [4.78, 5) is 2.42. The Labute approximate surface area is 325 Å². The first-order valence-corrected chi connectivity index (χ1v) is 19.3. The average Bonchev–Trinajstić information content (AvgIpc) is 3.62. The molecule has 0 aliphatic rings. The van der Waals surface area contributed by atoms with Gasteiger partial charge in [-0.15, -0.1) is 0 Å². The topological polar surface area (TPSA) is 8.17 Å². The number of nitrogens with zero attached hydrogens (tertiary/aromatic N) is 2. The van der Waals surface area contributed by atoms with Gasteiger partial charge in [0.05, 0.1) is 22.4 Å². The monoisotopic (exact) mass is 712 g/mol. The van der Waals surface area contributed by atoms with E-state index in [-0.39, 0.29) is 0 Å². The van der Waals surface area contributed by atoms with E-state index in [4.69, 9.17) is 0 Å². The van der Waals surface area contributed by atoms with E-state index in [0.717, 1.165) is 22.7 Å². The van der Waals surface area contributed by atoms with Crippen LogP contribution in [0.5, 0.6) is 0 Å². The molecule has 0 amide bonds. The number of hydrogen-bond donors (Lipinski definition) is 0. The van der Waals surface area contributed by atoms with Gasteiger partial charge >= 0.3 is 0 Å². The molecule has 0 aliphatic heterocycles. The summed E-state index contributed by atoms with van der Waals surface area (Å²) in [5.74, 6) is 0. The highest BCUT2D eigenvalue weighted by Gasteiger charge is 2.20. The van der Waals surface area contributed by atoms with Gasteiger partial charge in [-0.3, -0.25) is 0 Å². The summed E-state index contributed by atoms with van der Waals surface area (Å²) in [5, 5.41) is 9.96. The van der Waals surface area contributed by atoms with Gasteiger partial charge < -0.3 is 9.47 Å². The highest BCUT2D eigenvalue weighted by molar-refractivity contribution is 6.19. The van der Waals surface area contributed by atoms with Crippen molar-refractivity contribution in [3.63, 3.8) is 0 Å². The lowest BCUT2D eigenvalue weighted by Gasteiger charge is -2.28. The predicted octanol–water partition coefficient (Wildman–Crippen LogP) is 15.0. The molecule has 0 fully saturated rings. The molecule has 262 valence electrons. The standard InChI is InChI=1S/C54H36N2/c1-2-14-37(15-3-1)38-26-31-42(32-27-38)55(53-36-41-17-5-6-18-44(41)47-21-8-9-22-48(47)53)43-33-28-40(29-34-43)45-19-10-12-24-51(45)56-52-25-13-11-23-49(52)50-35-30-39-16-4-7-20-46(39)54(50)56/h1-36H. The first kappa shape index (κ1) is 32.0. The third kappa shape index (κ3) is 5.19. The Kier molecular flexibility index (Phi) is 7.53. The van der Waals surface area contributed by atoms with Crippen LogP contribution in [0.2, 0.25) is 0 Å². The second-order valence-corrected chi connectivity index (χ2v) is 14.5. The summed E-state index contributed by atoms with van der Waals surface area (Å²) in [6.45, 7) is 0. The Hall–Kier alpha value is -7.42. The van der Waals surface area contributed by atoms with Gasteiger partial charge in [0.1, 0.15) is 0 Å². The van der Waals surface area contributed by atoms with E-state index in [0.29, 0.717) is 0 Å². The Morgan fingerprint density at radius 2 is 0.875 bits per heavy atom. The maximum absolute atomic E-state index is 2.47. The maximum Gasteiger partial charge on any atom is 0.0619 e. The van der Waals surface area contributed by atoms with Gasteiger partial charge in [0, 0.05) is 38.5 Å². The van der Waals surface area contributed by atoms with E-state index >= 15 is 0 Å². The van der Waals surface area contributed by atoms with Crippen LogP contribution in [0.3, 0.4) is 0 Å². The van der Waals surface area contributed by atoms with Crippen LogP contribution in [-0.2, 0) is 0 Å². The second kappa shape index (κ2) is 13.2. The van der Waals surface area contributed by atoms with E-state index in [1.807, 2.05) is 0 Å². The van der Waals surface area contributed by atoms with Crippen LogP contribution in [0.4, 0.5) is 17.1 Å². The summed E-state index contributed by atoms with van der Waals surface area (Å²) in [7, 11) is 0. The van der Waals surface area contributed by atoms with Gasteiger partial charge in [0.25, 0.3) is 0 Å². The van der Waals surface area contributed by atoms with Crippen LogP contribution >= 0.6 is 0 Å². The predicted molar refractivity (Wildman–Crippen MR) is 239 cm³/mol. The molecular formula is C54H36N2. The molecule has 0 spiro atoms. The minimum absolute atomic E-state index is 1.10. The normalized spacial score (nSPS) is 11.6. The lowest BCUT2D eigenvalue weighted by Crippen LogP contribution is -2.10. The molecule has 0 unspecified atom stereocenters. The number of benzene rings is 10. The molecule has 0 atom stereocenters. The van der Waals surface area contributed by atoms with Crippen LogP contribution in [0, 0.1) is 0 Å². The number of para-hydroxylation sites is 2. The van der Waals surface area contributed by atoms with Gasteiger partial charge in [-0.05, 0) is 80.7 Å². The van der Waals surface area contributed by atoms with E-state index < -0.39 is 0 Å². The Bertz CT molecular complexity index is 3230. The summed E-state index contributed by atoms with van der Waals surface area (Å²) >= 11 is 0. The lowest BCUT2D eigenvalue weighted by molar-refractivity contribution is 1.19. The number of fused-ring (bicyclic) bond motifs is 8. The van der Waals surface area contributed by atoms with E-state index in [2.05, 4.69) is 228 Å². The molecule has 0 saturated heterocycles. The molecule has 56 heavy (non-hydrogen) atoms. The van der Waals surface area contributed by atoms with E-state index in [9.17, 15) is 0 Å². The summed E-state index contributed by atoms with van der Waals surface area (Å²) in [5.41, 5.74) is 11.7. The number of aromatic nitrogens is 1. The summed E-state index contributed by atoms with van der Waals surface area (Å²) < 4.78 is 2.47. The van der Waals surface area contributed by atoms with Gasteiger partial charge in [-0.25, -0.2) is 0 Å². The van der Waals surface area contributed by atoms with Crippen molar-refractivity contribution in [2.75, 3.05) is 4.90 Å². The van der Waals surface area contributed by atoms with Crippen molar-refractivity contribution >= 4 is 71.2 Å². The lowest BCUT2D eigenvalue weighted by atomic mass is 9.98. The zero-order valence-corrected chi connectivity index (χ0v) is 30.7. The van der Waals surface area contributed by atoms with Crippen molar-refractivity contribution in [2.45, 2.75) is 0 Å². The van der Waals surface area contributed by atoms with E-state index in [1.165, 1.54) is 76.4 Å². The first-order chi connectivity index (χ1) is 27.8. The van der Waals surface area contributed by atoms with Crippen LogP contribution in [-0.4, -0.2) is 4.57 Å². The average molecular weight is 713 g/mol. The highest BCUT2D eigenvalue weighted by atomic mass is 15.1. The fourth-order valence-corrected chi connectivity index (χ4v) is 8.76. The van der Waals surface area contributed by atoms with Crippen LogP contribution in [0.15, 0.2) is 218 Å². The zero-order valence-electron chi connectivity index (χ0n) is 30.7. The molecule has 11 rings (SSSR count). The first-order valence-electron chi connectivity index (χ1n) is 19.3. The maximum atomic E-state index is 2.47. The Balaban J connectivity index is 1.09. The van der Waals surface area contributed by atoms with Crippen molar-refractivity contribution in [1.82, 2.24) is 4.57 Å². The molecule has 0 radical (unpaired) electrons. The fourth-order valence-electron chi connectivity index (χ4n) is 8.76. The van der Waals surface area contributed by atoms with Crippen molar-refractivity contribution in [2.24, 2.45) is 0 Å². The number of hydrogen-bond acceptors (Lipinski definition) is 1. The fraction of sp³-hybridized carbons (Fsp3) is 0. The number of anilines is 3. The van der Waals surface area contributed by atoms with Crippen molar-refractivity contribution in [3.8, 4) is 27.9 Å². The highest BCUT2D eigenvalue weighted by Crippen LogP contribution is 2.44. The minimum Gasteiger partial charge on any atom is -0.310 e. The van der Waals surface area contributed by atoms with Crippen LogP contribution < -0.4 is 4.90 Å². The van der Waals surface area contributed by atoms with Crippen LogP contribution in [0.1, 0.15) is 0 Å².